The molecule has 0 radical (unpaired) electrons. The Morgan fingerprint density at radius 3 is 2.64 bits per heavy atom. The van der Waals surface area contributed by atoms with Gasteiger partial charge in [0, 0.05) is 0 Å². The second kappa shape index (κ2) is 4.89. The Bertz CT molecular complexity index is 399. The molecule has 70 valence electrons. The van der Waals surface area contributed by atoms with Gasteiger partial charge in [0.25, 0.3) is 0 Å². The third-order valence-corrected chi connectivity index (χ3v) is 1.69. The van der Waals surface area contributed by atoms with E-state index in [1.54, 1.807) is 12.1 Å². The van der Waals surface area contributed by atoms with Crippen LogP contribution in [0.2, 0.25) is 0 Å². The van der Waals surface area contributed by atoms with Crippen molar-refractivity contribution in [2.75, 3.05) is 6.61 Å². The molecule has 0 saturated carbocycles. The van der Waals surface area contributed by atoms with E-state index in [2.05, 4.69) is 0 Å². The Hall–Kier alpha value is -2.00. The zero-order valence-corrected chi connectivity index (χ0v) is 7.95. The third kappa shape index (κ3) is 2.24. The molecular formula is C11H10N2O. The van der Waals surface area contributed by atoms with Gasteiger partial charge >= 0.3 is 0 Å². The molecule has 3 heteroatoms. The van der Waals surface area contributed by atoms with E-state index in [-0.39, 0.29) is 0 Å². The van der Waals surface area contributed by atoms with Crippen molar-refractivity contribution in [1.29, 1.82) is 10.5 Å². The lowest BCUT2D eigenvalue weighted by Gasteiger charge is -2.05. The molecule has 3 nitrogen and oxygen atoms in total. The summed E-state index contributed by atoms with van der Waals surface area (Å²) in [5.41, 5.74) is 0.892. The predicted octanol–water partition coefficient (Wildman–Crippen LogP) is 2.22. The molecule has 0 amide bonds. The SMILES string of the molecule is CCCOc1ccc(C#N)cc1C#N. The van der Waals surface area contributed by atoms with Gasteiger partial charge in [0.15, 0.2) is 0 Å². The molecule has 1 aromatic rings. The Morgan fingerprint density at radius 2 is 2.07 bits per heavy atom. The minimum atomic E-state index is 0.414. The fraction of sp³-hybridized carbons (Fsp3) is 0.273. The molecule has 1 rings (SSSR count). The van der Waals surface area contributed by atoms with Gasteiger partial charge in [-0.05, 0) is 24.6 Å². The average molecular weight is 186 g/mol. The maximum Gasteiger partial charge on any atom is 0.137 e. The quantitative estimate of drug-likeness (QED) is 0.727. The fourth-order valence-corrected chi connectivity index (χ4v) is 1.02. The Labute approximate surface area is 83.2 Å². The van der Waals surface area contributed by atoms with E-state index in [0.717, 1.165) is 6.42 Å². The zero-order valence-electron chi connectivity index (χ0n) is 7.95. The number of hydrogen-bond donors (Lipinski definition) is 0. The fourth-order valence-electron chi connectivity index (χ4n) is 1.02. The Kier molecular flexibility index (Phi) is 3.52. The molecule has 0 saturated heterocycles. The standard InChI is InChI=1S/C11H10N2O/c1-2-5-14-11-4-3-9(7-12)6-10(11)8-13/h3-4,6H,2,5H2,1H3. The highest BCUT2D eigenvalue weighted by molar-refractivity contribution is 5.48. The van der Waals surface area contributed by atoms with Crippen LogP contribution < -0.4 is 4.74 Å². The number of ether oxygens (including phenoxy) is 1. The molecule has 0 unspecified atom stereocenters. The van der Waals surface area contributed by atoms with E-state index in [1.807, 2.05) is 19.1 Å². The number of nitriles is 2. The normalized spacial score (nSPS) is 8.79. The summed E-state index contributed by atoms with van der Waals surface area (Å²) in [6, 6.07) is 8.82. The summed E-state index contributed by atoms with van der Waals surface area (Å²) in [7, 11) is 0. The molecule has 0 aliphatic rings. The van der Waals surface area contributed by atoms with E-state index < -0.39 is 0 Å². The highest BCUT2D eigenvalue weighted by Gasteiger charge is 2.03. The van der Waals surface area contributed by atoms with Crippen molar-refractivity contribution in [1.82, 2.24) is 0 Å². The molecule has 0 atom stereocenters. The van der Waals surface area contributed by atoms with Crippen LogP contribution in [0.3, 0.4) is 0 Å². The monoisotopic (exact) mass is 186 g/mol. The first-order chi connectivity index (χ1) is 6.81. The van der Waals surface area contributed by atoms with Crippen LogP contribution in [0.5, 0.6) is 5.75 Å². The highest BCUT2D eigenvalue weighted by atomic mass is 16.5. The lowest BCUT2D eigenvalue weighted by molar-refractivity contribution is 0.316. The number of hydrogen-bond acceptors (Lipinski definition) is 3. The second-order valence-electron chi connectivity index (χ2n) is 2.78. The minimum Gasteiger partial charge on any atom is -0.492 e. The average Bonchev–Trinajstić information content (AvgIpc) is 2.26. The minimum absolute atomic E-state index is 0.414. The number of rotatable bonds is 3. The molecule has 14 heavy (non-hydrogen) atoms. The molecule has 0 heterocycles. The largest absolute Gasteiger partial charge is 0.492 e. The van der Waals surface area contributed by atoms with Crippen LogP contribution in [-0.4, -0.2) is 6.61 Å². The van der Waals surface area contributed by atoms with Crippen LogP contribution in [0.1, 0.15) is 24.5 Å². The highest BCUT2D eigenvalue weighted by Crippen LogP contribution is 2.18. The van der Waals surface area contributed by atoms with Crippen LogP contribution in [0.25, 0.3) is 0 Å². The van der Waals surface area contributed by atoms with Crippen molar-refractivity contribution in [2.24, 2.45) is 0 Å². The number of benzene rings is 1. The van der Waals surface area contributed by atoms with Gasteiger partial charge in [-0.1, -0.05) is 6.92 Å². The molecule has 1 aromatic carbocycles. The Balaban J connectivity index is 2.96. The first-order valence-corrected chi connectivity index (χ1v) is 4.39. The molecule has 0 aliphatic carbocycles. The predicted molar refractivity (Wildman–Crippen MR) is 51.7 cm³/mol. The molecular weight excluding hydrogens is 176 g/mol. The van der Waals surface area contributed by atoms with Crippen LogP contribution in [0.15, 0.2) is 18.2 Å². The van der Waals surface area contributed by atoms with Gasteiger partial charge in [-0.2, -0.15) is 10.5 Å². The molecule has 0 spiro atoms. The lowest BCUT2D eigenvalue weighted by atomic mass is 10.1. The lowest BCUT2D eigenvalue weighted by Crippen LogP contribution is -1.97. The van der Waals surface area contributed by atoms with E-state index in [0.29, 0.717) is 23.5 Å². The summed E-state index contributed by atoms with van der Waals surface area (Å²) in [5.74, 6) is 0.549. The maximum absolute atomic E-state index is 8.80. The maximum atomic E-state index is 8.80. The van der Waals surface area contributed by atoms with Gasteiger partial charge in [-0.3, -0.25) is 0 Å². The van der Waals surface area contributed by atoms with Gasteiger partial charge in [-0.25, -0.2) is 0 Å². The summed E-state index contributed by atoms with van der Waals surface area (Å²) < 4.78 is 5.34. The summed E-state index contributed by atoms with van der Waals surface area (Å²) in [6.07, 6.45) is 0.894. The van der Waals surface area contributed by atoms with E-state index in [9.17, 15) is 0 Å². The summed E-state index contributed by atoms with van der Waals surface area (Å²) in [5, 5.41) is 17.4. The number of nitrogens with zero attached hydrogens (tertiary/aromatic N) is 2. The zero-order chi connectivity index (χ0) is 10.4. The summed E-state index contributed by atoms with van der Waals surface area (Å²) >= 11 is 0. The summed E-state index contributed by atoms with van der Waals surface area (Å²) in [4.78, 5) is 0. The molecule has 0 N–H and O–H groups in total. The first-order valence-electron chi connectivity index (χ1n) is 4.39. The van der Waals surface area contributed by atoms with Crippen molar-refractivity contribution >= 4 is 0 Å². The van der Waals surface area contributed by atoms with Crippen LogP contribution in [0.4, 0.5) is 0 Å². The van der Waals surface area contributed by atoms with Crippen LogP contribution in [-0.2, 0) is 0 Å². The van der Waals surface area contributed by atoms with Gasteiger partial charge in [0.2, 0.25) is 0 Å². The topological polar surface area (TPSA) is 56.8 Å². The molecule has 0 bridgehead atoms. The Morgan fingerprint density at radius 1 is 1.29 bits per heavy atom. The van der Waals surface area contributed by atoms with Crippen LogP contribution >= 0.6 is 0 Å². The van der Waals surface area contributed by atoms with E-state index >= 15 is 0 Å². The molecule has 0 aliphatic heterocycles. The summed E-state index contributed by atoms with van der Waals surface area (Å²) in [6.45, 7) is 2.58. The van der Waals surface area contributed by atoms with Gasteiger partial charge in [0.1, 0.15) is 11.8 Å². The van der Waals surface area contributed by atoms with Gasteiger partial charge in [0.05, 0.1) is 23.8 Å². The molecule has 0 fully saturated rings. The second-order valence-corrected chi connectivity index (χ2v) is 2.78. The van der Waals surface area contributed by atoms with Crippen molar-refractivity contribution in [3.63, 3.8) is 0 Å². The molecule has 0 aromatic heterocycles. The van der Waals surface area contributed by atoms with Gasteiger partial charge < -0.3 is 4.74 Å². The smallest absolute Gasteiger partial charge is 0.137 e. The first kappa shape index (κ1) is 10.1. The van der Waals surface area contributed by atoms with E-state index in [4.69, 9.17) is 15.3 Å². The van der Waals surface area contributed by atoms with Crippen molar-refractivity contribution in [3.05, 3.63) is 29.3 Å². The third-order valence-electron chi connectivity index (χ3n) is 1.69. The van der Waals surface area contributed by atoms with E-state index in [1.165, 1.54) is 6.07 Å². The van der Waals surface area contributed by atoms with Crippen molar-refractivity contribution < 1.29 is 4.74 Å². The van der Waals surface area contributed by atoms with Crippen molar-refractivity contribution in [2.45, 2.75) is 13.3 Å². The van der Waals surface area contributed by atoms with Crippen molar-refractivity contribution in [3.8, 4) is 17.9 Å². The van der Waals surface area contributed by atoms with Crippen LogP contribution in [0, 0.1) is 22.7 Å². The van der Waals surface area contributed by atoms with Gasteiger partial charge in [-0.15, -0.1) is 0 Å².